The Balaban J connectivity index is 1.70. The zero-order chi connectivity index (χ0) is 19.4. The average Bonchev–Trinajstić information content (AvgIpc) is 2.73. The van der Waals surface area contributed by atoms with Crippen LogP contribution in [0.1, 0.15) is 22.8 Å². The minimum absolute atomic E-state index is 0.00142. The number of methoxy groups -OCH3 is 1. The summed E-state index contributed by atoms with van der Waals surface area (Å²) in [5.74, 6) is 0.455. The zero-order valence-electron chi connectivity index (χ0n) is 15.6. The van der Waals surface area contributed by atoms with Crippen LogP contribution in [0, 0.1) is 10.1 Å². The van der Waals surface area contributed by atoms with E-state index in [1.807, 2.05) is 29.2 Å². The van der Waals surface area contributed by atoms with Crippen molar-refractivity contribution in [2.75, 3.05) is 38.2 Å². The van der Waals surface area contributed by atoms with Crippen LogP contribution in [-0.4, -0.2) is 49.0 Å². The lowest BCUT2D eigenvalue weighted by atomic mass is 10.1. The van der Waals surface area contributed by atoms with Gasteiger partial charge in [0.2, 0.25) is 0 Å². The lowest BCUT2D eigenvalue weighted by Gasteiger charge is -2.35. The summed E-state index contributed by atoms with van der Waals surface area (Å²) in [6, 6.07) is 12.5. The standard InChI is InChI=1S/C20H23N3O4/c1-3-15-4-6-16(7-5-15)20(24)22-12-10-21(11-13-22)18-9-8-17(27-2)14-19(18)23(25)26/h4-9,14H,3,10-13H2,1-2H3. The van der Waals surface area contributed by atoms with E-state index >= 15 is 0 Å². The number of piperazine rings is 1. The zero-order valence-corrected chi connectivity index (χ0v) is 15.6. The molecule has 0 unspecified atom stereocenters. The van der Waals surface area contributed by atoms with Crippen molar-refractivity contribution >= 4 is 17.3 Å². The lowest BCUT2D eigenvalue weighted by molar-refractivity contribution is -0.384. The molecule has 1 amide bonds. The molecule has 0 atom stereocenters. The van der Waals surface area contributed by atoms with Crippen LogP contribution in [0.3, 0.4) is 0 Å². The molecule has 1 aliphatic heterocycles. The molecule has 1 fully saturated rings. The first-order chi connectivity index (χ1) is 13.0. The number of aryl methyl sites for hydroxylation is 1. The molecule has 0 aliphatic carbocycles. The molecule has 2 aromatic rings. The molecule has 0 bridgehead atoms. The van der Waals surface area contributed by atoms with E-state index in [1.165, 1.54) is 18.7 Å². The summed E-state index contributed by atoms with van der Waals surface area (Å²) < 4.78 is 5.09. The predicted molar refractivity (Wildman–Crippen MR) is 104 cm³/mol. The molecule has 0 radical (unpaired) electrons. The molecule has 2 aromatic carbocycles. The van der Waals surface area contributed by atoms with Gasteiger partial charge in [-0.1, -0.05) is 19.1 Å². The summed E-state index contributed by atoms with van der Waals surface area (Å²) in [5, 5.41) is 11.4. The van der Waals surface area contributed by atoms with Crippen molar-refractivity contribution in [2.45, 2.75) is 13.3 Å². The van der Waals surface area contributed by atoms with Gasteiger partial charge in [-0.05, 0) is 36.2 Å². The normalized spacial score (nSPS) is 14.1. The fourth-order valence-electron chi connectivity index (χ4n) is 3.26. The summed E-state index contributed by atoms with van der Waals surface area (Å²) in [7, 11) is 1.48. The first-order valence-corrected chi connectivity index (χ1v) is 8.99. The quantitative estimate of drug-likeness (QED) is 0.598. The monoisotopic (exact) mass is 369 g/mol. The number of carbonyl (C=O) groups excluding carboxylic acids is 1. The largest absolute Gasteiger partial charge is 0.496 e. The Morgan fingerprint density at radius 3 is 2.33 bits per heavy atom. The number of ether oxygens (including phenoxy) is 1. The van der Waals surface area contributed by atoms with Crippen molar-refractivity contribution in [1.82, 2.24) is 4.90 Å². The van der Waals surface area contributed by atoms with E-state index in [1.54, 1.807) is 17.0 Å². The number of anilines is 1. The van der Waals surface area contributed by atoms with Crippen molar-refractivity contribution < 1.29 is 14.5 Å². The summed E-state index contributed by atoms with van der Waals surface area (Å²) >= 11 is 0. The molecule has 0 aromatic heterocycles. The van der Waals surface area contributed by atoms with Gasteiger partial charge < -0.3 is 14.5 Å². The second kappa shape index (κ2) is 8.07. The lowest BCUT2D eigenvalue weighted by Crippen LogP contribution is -2.49. The second-order valence-electron chi connectivity index (χ2n) is 6.44. The fourth-order valence-corrected chi connectivity index (χ4v) is 3.26. The van der Waals surface area contributed by atoms with Gasteiger partial charge in [-0.3, -0.25) is 14.9 Å². The minimum Gasteiger partial charge on any atom is -0.496 e. The van der Waals surface area contributed by atoms with E-state index in [0.29, 0.717) is 43.2 Å². The van der Waals surface area contributed by atoms with E-state index in [4.69, 9.17) is 4.74 Å². The second-order valence-corrected chi connectivity index (χ2v) is 6.44. The van der Waals surface area contributed by atoms with E-state index < -0.39 is 4.92 Å². The van der Waals surface area contributed by atoms with Crippen LogP contribution in [0.5, 0.6) is 5.75 Å². The smallest absolute Gasteiger partial charge is 0.296 e. The summed E-state index contributed by atoms with van der Waals surface area (Å²) in [6.07, 6.45) is 0.938. The van der Waals surface area contributed by atoms with Crippen molar-refractivity contribution in [1.29, 1.82) is 0 Å². The van der Waals surface area contributed by atoms with Crippen molar-refractivity contribution in [2.24, 2.45) is 0 Å². The third-order valence-electron chi connectivity index (χ3n) is 4.90. The van der Waals surface area contributed by atoms with Gasteiger partial charge in [-0.15, -0.1) is 0 Å². The highest BCUT2D eigenvalue weighted by atomic mass is 16.6. The highest BCUT2D eigenvalue weighted by Gasteiger charge is 2.26. The molecule has 1 aliphatic rings. The third-order valence-corrected chi connectivity index (χ3v) is 4.90. The summed E-state index contributed by atoms with van der Waals surface area (Å²) in [4.78, 5) is 27.4. The molecular weight excluding hydrogens is 346 g/mol. The number of hydrogen-bond acceptors (Lipinski definition) is 5. The maximum atomic E-state index is 12.7. The third kappa shape index (κ3) is 4.02. The SMILES string of the molecule is CCc1ccc(C(=O)N2CCN(c3ccc(OC)cc3[N+](=O)[O-])CC2)cc1. The first kappa shape index (κ1) is 18.7. The van der Waals surface area contributed by atoms with Crippen LogP contribution in [0.2, 0.25) is 0 Å². The molecule has 0 spiro atoms. The molecule has 1 saturated heterocycles. The van der Waals surface area contributed by atoms with Crippen LogP contribution in [0.4, 0.5) is 11.4 Å². The highest BCUT2D eigenvalue weighted by Crippen LogP contribution is 2.32. The van der Waals surface area contributed by atoms with Gasteiger partial charge in [0, 0.05) is 31.7 Å². The van der Waals surface area contributed by atoms with Crippen molar-refractivity contribution in [3.8, 4) is 5.75 Å². The van der Waals surface area contributed by atoms with Crippen LogP contribution in [0.15, 0.2) is 42.5 Å². The van der Waals surface area contributed by atoms with Crippen LogP contribution in [0.25, 0.3) is 0 Å². The number of benzene rings is 2. The fraction of sp³-hybridized carbons (Fsp3) is 0.350. The van der Waals surface area contributed by atoms with E-state index in [9.17, 15) is 14.9 Å². The number of rotatable bonds is 5. The van der Waals surface area contributed by atoms with Gasteiger partial charge >= 0.3 is 0 Å². The summed E-state index contributed by atoms with van der Waals surface area (Å²) in [6.45, 7) is 4.22. The molecule has 7 nitrogen and oxygen atoms in total. The number of amides is 1. The van der Waals surface area contributed by atoms with Gasteiger partial charge in [0.25, 0.3) is 11.6 Å². The first-order valence-electron chi connectivity index (χ1n) is 8.99. The Morgan fingerprint density at radius 1 is 1.11 bits per heavy atom. The van der Waals surface area contributed by atoms with Gasteiger partial charge in [0.1, 0.15) is 11.4 Å². The van der Waals surface area contributed by atoms with E-state index in [-0.39, 0.29) is 11.6 Å². The van der Waals surface area contributed by atoms with Crippen LogP contribution < -0.4 is 9.64 Å². The maximum Gasteiger partial charge on any atom is 0.296 e. The Kier molecular flexibility index (Phi) is 5.59. The van der Waals surface area contributed by atoms with E-state index in [0.717, 1.165) is 6.42 Å². The number of nitrogens with zero attached hydrogens (tertiary/aromatic N) is 3. The molecule has 1 heterocycles. The molecule has 142 valence electrons. The Morgan fingerprint density at radius 2 is 1.78 bits per heavy atom. The van der Waals surface area contributed by atoms with Gasteiger partial charge in [0.15, 0.2) is 0 Å². The molecule has 7 heteroatoms. The number of carbonyl (C=O) groups is 1. The van der Waals surface area contributed by atoms with Gasteiger partial charge in [-0.2, -0.15) is 0 Å². The van der Waals surface area contributed by atoms with Crippen LogP contribution >= 0.6 is 0 Å². The topological polar surface area (TPSA) is 75.9 Å². The number of hydrogen-bond donors (Lipinski definition) is 0. The number of nitro groups is 1. The average molecular weight is 369 g/mol. The van der Waals surface area contributed by atoms with Crippen molar-refractivity contribution in [3.63, 3.8) is 0 Å². The summed E-state index contributed by atoms with van der Waals surface area (Å²) in [5.41, 5.74) is 2.45. The molecule has 3 rings (SSSR count). The Bertz CT molecular complexity index is 828. The Hall–Kier alpha value is -3.09. The molecular formula is C20H23N3O4. The van der Waals surface area contributed by atoms with E-state index in [2.05, 4.69) is 6.92 Å². The molecule has 0 N–H and O–H groups in total. The van der Waals surface area contributed by atoms with Gasteiger partial charge in [0.05, 0.1) is 18.1 Å². The molecule has 27 heavy (non-hydrogen) atoms. The molecule has 0 saturated carbocycles. The van der Waals surface area contributed by atoms with Crippen molar-refractivity contribution in [3.05, 3.63) is 63.7 Å². The van der Waals surface area contributed by atoms with Gasteiger partial charge in [-0.25, -0.2) is 0 Å². The predicted octanol–water partition coefficient (Wildman–Crippen LogP) is 3.13. The Labute approximate surface area is 158 Å². The number of nitro benzene ring substituents is 1. The highest BCUT2D eigenvalue weighted by molar-refractivity contribution is 5.94. The van der Waals surface area contributed by atoms with Crippen LogP contribution in [-0.2, 0) is 6.42 Å². The maximum absolute atomic E-state index is 12.7. The minimum atomic E-state index is -0.398.